The number of aromatic nitrogens is 3. The predicted molar refractivity (Wildman–Crippen MR) is 233 cm³/mol. The second-order valence-corrected chi connectivity index (χ2v) is 15.2. The van der Waals surface area contributed by atoms with Gasteiger partial charge in [-0.1, -0.05) is 153 Å². The molecule has 0 atom stereocenters. The van der Waals surface area contributed by atoms with Crippen LogP contribution in [0.15, 0.2) is 186 Å². The van der Waals surface area contributed by atoms with Crippen molar-refractivity contribution in [2.24, 2.45) is 0 Å². The van der Waals surface area contributed by atoms with Crippen LogP contribution in [0.1, 0.15) is 25.0 Å². The summed E-state index contributed by atoms with van der Waals surface area (Å²) in [4.78, 5) is 17.9. The van der Waals surface area contributed by atoms with E-state index < -0.39 is 0 Å². The number of para-hydroxylation sites is 1. The first kappa shape index (κ1) is 33.0. The summed E-state index contributed by atoms with van der Waals surface area (Å²) in [6, 6.07) is 63.6. The molecule has 0 spiro atoms. The van der Waals surface area contributed by atoms with Crippen LogP contribution < -0.4 is 4.90 Å². The normalized spacial score (nSPS) is 12.9. The molecule has 5 heteroatoms. The number of furan rings is 1. The smallest absolute Gasteiger partial charge is 0.164 e. The Kier molecular flexibility index (Phi) is 7.45. The van der Waals surface area contributed by atoms with Gasteiger partial charge in [0.05, 0.1) is 5.69 Å². The summed E-state index contributed by atoms with van der Waals surface area (Å²) in [7, 11) is 0. The van der Waals surface area contributed by atoms with Crippen LogP contribution >= 0.6 is 0 Å². The molecule has 57 heavy (non-hydrogen) atoms. The van der Waals surface area contributed by atoms with Gasteiger partial charge in [-0.25, -0.2) is 15.0 Å². The third-order valence-corrected chi connectivity index (χ3v) is 11.5. The molecule has 8 aromatic carbocycles. The van der Waals surface area contributed by atoms with Gasteiger partial charge in [0.25, 0.3) is 0 Å². The molecule has 0 saturated heterocycles. The van der Waals surface area contributed by atoms with E-state index in [4.69, 9.17) is 19.4 Å². The summed E-state index contributed by atoms with van der Waals surface area (Å²) >= 11 is 0. The van der Waals surface area contributed by atoms with Crippen LogP contribution in [0.3, 0.4) is 0 Å². The minimum absolute atomic E-state index is 0.161. The Morgan fingerprint density at radius 3 is 1.77 bits per heavy atom. The van der Waals surface area contributed by atoms with Crippen LogP contribution in [0.5, 0.6) is 0 Å². The maximum Gasteiger partial charge on any atom is 0.164 e. The Hall–Kier alpha value is -7.37. The predicted octanol–water partition coefficient (Wildman–Crippen LogP) is 13.7. The Morgan fingerprint density at radius 2 is 1.04 bits per heavy atom. The first-order valence-corrected chi connectivity index (χ1v) is 19.4. The van der Waals surface area contributed by atoms with Crippen molar-refractivity contribution in [1.29, 1.82) is 0 Å². The maximum atomic E-state index is 6.87. The second kappa shape index (κ2) is 12.9. The van der Waals surface area contributed by atoms with Gasteiger partial charge in [0.2, 0.25) is 0 Å². The van der Waals surface area contributed by atoms with Gasteiger partial charge in [0.15, 0.2) is 17.5 Å². The lowest BCUT2D eigenvalue weighted by molar-refractivity contribution is 0.660. The molecular weight excluding hydrogens is 697 g/mol. The standard InChI is InChI=1S/C52H36N4O/c1-52(2)43-25-15-14-24-40(43)41-28-27-37(31-44(41)52)56(36-21-10-5-11-22-36)38-30-42(48-46(32-38)57-45-29-26-33-16-12-13-23-39(33)47(45)48)51-54-49(34-17-6-3-7-18-34)53-50(55-51)35-19-8-4-9-20-35/h3-32H,1-2H3. The Morgan fingerprint density at radius 1 is 0.421 bits per heavy atom. The van der Waals surface area contributed by atoms with Gasteiger partial charge in [-0.15, -0.1) is 0 Å². The molecule has 10 aromatic rings. The lowest BCUT2D eigenvalue weighted by atomic mass is 9.82. The van der Waals surface area contributed by atoms with Crippen molar-refractivity contribution < 1.29 is 4.42 Å². The van der Waals surface area contributed by atoms with Crippen molar-refractivity contribution in [3.63, 3.8) is 0 Å². The fraction of sp³-hybridized carbons (Fsp3) is 0.0577. The van der Waals surface area contributed by atoms with Crippen LogP contribution in [-0.2, 0) is 5.41 Å². The lowest BCUT2D eigenvalue weighted by Crippen LogP contribution is -2.16. The fourth-order valence-corrected chi connectivity index (χ4v) is 8.74. The third-order valence-electron chi connectivity index (χ3n) is 11.5. The van der Waals surface area contributed by atoms with E-state index in [2.05, 4.69) is 140 Å². The molecule has 0 aliphatic heterocycles. The van der Waals surface area contributed by atoms with Crippen molar-refractivity contribution in [3.8, 4) is 45.3 Å². The van der Waals surface area contributed by atoms with Crippen LogP contribution in [-0.4, -0.2) is 15.0 Å². The van der Waals surface area contributed by atoms with Crippen LogP contribution in [0.25, 0.3) is 78.0 Å². The maximum absolute atomic E-state index is 6.87. The minimum Gasteiger partial charge on any atom is -0.456 e. The van der Waals surface area contributed by atoms with Crippen LogP contribution in [0, 0.1) is 0 Å². The van der Waals surface area contributed by atoms with E-state index in [1.165, 1.54) is 22.3 Å². The van der Waals surface area contributed by atoms with E-state index in [1.807, 2.05) is 60.7 Å². The fourth-order valence-electron chi connectivity index (χ4n) is 8.74. The Balaban J connectivity index is 1.22. The van der Waals surface area contributed by atoms with E-state index >= 15 is 0 Å². The number of fused-ring (bicyclic) bond motifs is 8. The summed E-state index contributed by atoms with van der Waals surface area (Å²) in [6.45, 7) is 4.65. The number of hydrogen-bond donors (Lipinski definition) is 0. The van der Waals surface area contributed by atoms with E-state index in [1.54, 1.807) is 0 Å². The quantitative estimate of drug-likeness (QED) is 0.170. The Bertz CT molecular complexity index is 3100. The number of rotatable bonds is 6. The number of nitrogens with zero attached hydrogens (tertiary/aromatic N) is 4. The summed E-state index contributed by atoms with van der Waals surface area (Å²) in [5.74, 6) is 1.79. The van der Waals surface area contributed by atoms with Crippen LogP contribution in [0.2, 0.25) is 0 Å². The molecule has 5 nitrogen and oxygen atoms in total. The van der Waals surface area contributed by atoms with E-state index in [0.717, 1.165) is 66.5 Å². The van der Waals surface area contributed by atoms with E-state index in [9.17, 15) is 0 Å². The zero-order valence-corrected chi connectivity index (χ0v) is 31.5. The monoisotopic (exact) mass is 732 g/mol. The molecule has 2 aromatic heterocycles. The zero-order valence-electron chi connectivity index (χ0n) is 31.5. The first-order chi connectivity index (χ1) is 28.0. The largest absolute Gasteiger partial charge is 0.456 e. The highest BCUT2D eigenvalue weighted by atomic mass is 16.3. The number of hydrogen-bond acceptors (Lipinski definition) is 5. The highest BCUT2D eigenvalue weighted by molar-refractivity contribution is 6.23. The first-order valence-electron chi connectivity index (χ1n) is 19.4. The van der Waals surface area contributed by atoms with Gasteiger partial charge in [0.1, 0.15) is 11.2 Å². The van der Waals surface area contributed by atoms with Crippen molar-refractivity contribution in [2.45, 2.75) is 19.3 Å². The molecule has 0 unspecified atom stereocenters. The summed E-state index contributed by atoms with van der Waals surface area (Å²) < 4.78 is 6.87. The van der Waals surface area contributed by atoms with E-state index in [-0.39, 0.29) is 5.41 Å². The molecule has 1 aliphatic rings. The molecular formula is C52H36N4O. The summed E-state index contributed by atoms with van der Waals surface area (Å²) in [5.41, 5.74) is 12.3. The summed E-state index contributed by atoms with van der Waals surface area (Å²) in [5, 5.41) is 4.26. The molecule has 0 N–H and O–H groups in total. The van der Waals surface area contributed by atoms with Crippen LogP contribution in [0.4, 0.5) is 17.1 Å². The minimum atomic E-state index is -0.161. The van der Waals surface area contributed by atoms with Gasteiger partial charge in [0, 0.05) is 50.3 Å². The number of anilines is 3. The second-order valence-electron chi connectivity index (χ2n) is 15.2. The lowest BCUT2D eigenvalue weighted by Gasteiger charge is -2.28. The SMILES string of the molecule is CC1(C)c2ccccc2-c2ccc(N(c3ccccc3)c3cc(-c4nc(-c5ccccc5)nc(-c5ccccc5)n4)c4c(c3)oc3ccc5ccccc5c34)cc21. The van der Waals surface area contributed by atoms with Gasteiger partial charge in [-0.2, -0.15) is 0 Å². The average molecular weight is 733 g/mol. The Labute approximate surface area is 330 Å². The molecule has 0 bridgehead atoms. The molecule has 270 valence electrons. The van der Waals surface area contributed by atoms with Crippen molar-refractivity contribution in [2.75, 3.05) is 4.90 Å². The topological polar surface area (TPSA) is 55.1 Å². The molecule has 2 heterocycles. The molecule has 0 amide bonds. The highest BCUT2D eigenvalue weighted by Gasteiger charge is 2.36. The summed E-state index contributed by atoms with van der Waals surface area (Å²) in [6.07, 6.45) is 0. The molecule has 11 rings (SSSR count). The van der Waals surface area contributed by atoms with Crippen molar-refractivity contribution >= 4 is 49.8 Å². The van der Waals surface area contributed by atoms with Gasteiger partial charge in [-0.05, 0) is 69.4 Å². The van der Waals surface area contributed by atoms with Gasteiger partial charge in [-0.3, -0.25) is 0 Å². The molecule has 0 radical (unpaired) electrons. The molecule has 0 fully saturated rings. The molecule has 0 saturated carbocycles. The van der Waals surface area contributed by atoms with Gasteiger partial charge < -0.3 is 9.32 Å². The number of benzene rings is 8. The third kappa shape index (κ3) is 5.35. The highest BCUT2D eigenvalue weighted by Crippen LogP contribution is 2.51. The van der Waals surface area contributed by atoms with Crippen molar-refractivity contribution in [3.05, 3.63) is 193 Å². The molecule has 1 aliphatic carbocycles. The van der Waals surface area contributed by atoms with E-state index in [0.29, 0.717) is 17.5 Å². The average Bonchev–Trinajstić information content (AvgIpc) is 3.76. The van der Waals surface area contributed by atoms with Gasteiger partial charge >= 0.3 is 0 Å². The zero-order chi connectivity index (χ0) is 38.1. The van der Waals surface area contributed by atoms with Crippen molar-refractivity contribution in [1.82, 2.24) is 15.0 Å².